The van der Waals surface area contributed by atoms with Crippen LogP contribution in [0.1, 0.15) is 30.9 Å². The molecule has 124 valence electrons. The Kier molecular flexibility index (Phi) is 6.64. The first-order chi connectivity index (χ1) is 10.6. The predicted molar refractivity (Wildman–Crippen MR) is 85.1 cm³/mol. The maximum atomic E-state index is 9.93. The van der Waals surface area contributed by atoms with Gasteiger partial charge in [0, 0.05) is 24.9 Å². The molecule has 4 N–H and O–H groups in total. The normalized spacial score (nSPS) is 22.2. The molecule has 0 heterocycles. The number of nitrogens with one attached hydrogen (secondary N) is 1. The Bertz CT molecular complexity index is 466. The molecule has 0 unspecified atom stereocenters. The summed E-state index contributed by atoms with van der Waals surface area (Å²) in [4.78, 5) is 0. The molecule has 22 heavy (non-hydrogen) atoms. The van der Waals surface area contributed by atoms with Crippen LogP contribution >= 0.6 is 0 Å². The smallest absolute Gasteiger partial charge is 0.123 e. The van der Waals surface area contributed by atoms with Crippen LogP contribution in [0.4, 0.5) is 0 Å². The number of fused-ring (bicyclic) bond motifs is 1. The van der Waals surface area contributed by atoms with Crippen molar-refractivity contribution in [2.24, 2.45) is 0 Å². The molecule has 5 heteroatoms. The van der Waals surface area contributed by atoms with Gasteiger partial charge in [-0.15, -0.1) is 0 Å². The average molecular weight is 309 g/mol. The van der Waals surface area contributed by atoms with Crippen LogP contribution in [0.15, 0.2) is 18.2 Å². The first-order valence-corrected chi connectivity index (χ1v) is 8.10. The van der Waals surface area contributed by atoms with Gasteiger partial charge in [0.1, 0.15) is 18.5 Å². The van der Waals surface area contributed by atoms with Gasteiger partial charge in [0.05, 0.1) is 12.2 Å². The van der Waals surface area contributed by atoms with Crippen molar-refractivity contribution in [3.05, 3.63) is 29.3 Å². The lowest BCUT2D eigenvalue weighted by Gasteiger charge is -2.27. The van der Waals surface area contributed by atoms with Crippen molar-refractivity contribution in [3.63, 3.8) is 0 Å². The van der Waals surface area contributed by atoms with E-state index in [-0.39, 0.29) is 6.61 Å². The summed E-state index contributed by atoms with van der Waals surface area (Å²) in [5, 5.41) is 32.7. The molecule has 1 aromatic carbocycles. The van der Waals surface area contributed by atoms with Gasteiger partial charge < -0.3 is 25.4 Å². The fraction of sp³-hybridized carbons (Fsp3) is 0.647. The van der Waals surface area contributed by atoms with Gasteiger partial charge in [-0.05, 0) is 24.6 Å². The second-order valence-corrected chi connectivity index (χ2v) is 5.96. The second-order valence-electron chi connectivity index (χ2n) is 5.96. The third-order valence-corrected chi connectivity index (χ3v) is 4.03. The van der Waals surface area contributed by atoms with Crippen LogP contribution in [0.2, 0.25) is 0 Å². The maximum absolute atomic E-state index is 9.93. The molecule has 1 aromatic rings. The number of unbranched alkanes of at least 4 members (excludes halogenated alkanes) is 1. The minimum absolute atomic E-state index is 0.216. The fourth-order valence-corrected chi connectivity index (χ4v) is 2.69. The molecule has 2 rings (SSSR count). The van der Waals surface area contributed by atoms with Crippen molar-refractivity contribution in [2.45, 2.75) is 50.9 Å². The van der Waals surface area contributed by atoms with Crippen molar-refractivity contribution >= 4 is 0 Å². The number of hydrogen-bond donors (Lipinski definition) is 4. The van der Waals surface area contributed by atoms with E-state index in [2.05, 4.69) is 12.2 Å². The summed E-state index contributed by atoms with van der Waals surface area (Å²) in [6, 6.07) is 5.67. The molecule has 1 aliphatic carbocycles. The number of aliphatic hydroxyl groups excluding tert-OH is 3. The molecule has 0 saturated heterocycles. The number of ether oxygens (including phenoxy) is 1. The minimum atomic E-state index is -0.752. The van der Waals surface area contributed by atoms with E-state index in [0.717, 1.165) is 30.5 Å². The highest BCUT2D eigenvalue weighted by Crippen LogP contribution is 2.30. The number of aliphatic hydroxyl groups is 3. The van der Waals surface area contributed by atoms with E-state index < -0.39 is 18.3 Å². The highest BCUT2D eigenvalue weighted by Gasteiger charge is 2.27. The van der Waals surface area contributed by atoms with Crippen LogP contribution < -0.4 is 10.1 Å². The van der Waals surface area contributed by atoms with E-state index in [1.165, 1.54) is 0 Å². The van der Waals surface area contributed by atoms with Gasteiger partial charge in [0.15, 0.2) is 0 Å². The monoisotopic (exact) mass is 309 g/mol. The van der Waals surface area contributed by atoms with Crippen LogP contribution in [0.5, 0.6) is 5.75 Å². The summed E-state index contributed by atoms with van der Waals surface area (Å²) >= 11 is 0. The van der Waals surface area contributed by atoms with Gasteiger partial charge in [-0.2, -0.15) is 0 Å². The third kappa shape index (κ3) is 4.68. The Morgan fingerprint density at radius 3 is 2.82 bits per heavy atom. The fourth-order valence-electron chi connectivity index (χ4n) is 2.69. The molecule has 5 nitrogen and oxygen atoms in total. The molecular weight excluding hydrogens is 282 g/mol. The van der Waals surface area contributed by atoms with Gasteiger partial charge in [-0.3, -0.25) is 0 Å². The van der Waals surface area contributed by atoms with Crippen LogP contribution in [-0.2, 0) is 12.8 Å². The Labute approximate surface area is 131 Å². The average Bonchev–Trinajstić information content (AvgIpc) is 2.51. The van der Waals surface area contributed by atoms with Crippen molar-refractivity contribution in [2.75, 3.05) is 19.7 Å². The molecule has 0 bridgehead atoms. The Morgan fingerprint density at radius 1 is 1.27 bits per heavy atom. The molecule has 0 radical (unpaired) electrons. The number of rotatable bonds is 8. The lowest BCUT2D eigenvalue weighted by atomic mass is 9.87. The molecule has 0 amide bonds. The SMILES string of the molecule is CCCCNC[C@H](O)COc1cccc2c1C[C@@H](O)[C@H](O)C2. The minimum Gasteiger partial charge on any atom is -0.491 e. The summed E-state index contributed by atoms with van der Waals surface area (Å²) in [5.41, 5.74) is 1.94. The van der Waals surface area contributed by atoms with Crippen LogP contribution in [0, 0.1) is 0 Å². The second kappa shape index (κ2) is 8.48. The van der Waals surface area contributed by atoms with Crippen LogP contribution in [0.3, 0.4) is 0 Å². The third-order valence-electron chi connectivity index (χ3n) is 4.03. The van der Waals surface area contributed by atoms with Gasteiger partial charge >= 0.3 is 0 Å². The van der Waals surface area contributed by atoms with Gasteiger partial charge in [-0.25, -0.2) is 0 Å². The molecule has 1 aliphatic rings. The lowest BCUT2D eigenvalue weighted by molar-refractivity contribution is 0.0132. The number of benzene rings is 1. The largest absolute Gasteiger partial charge is 0.491 e. The van der Waals surface area contributed by atoms with Gasteiger partial charge in [0.25, 0.3) is 0 Å². The summed E-state index contributed by atoms with van der Waals surface area (Å²) in [6.07, 6.45) is 1.02. The molecule has 0 aromatic heterocycles. The standard InChI is InChI=1S/C17H27NO4/c1-2-3-7-18-10-13(19)11-22-17-6-4-5-12-8-15(20)16(21)9-14(12)17/h4-6,13,15-16,18-21H,2-3,7-11H2,1H3/t13-,15+,16+/m0/s1. The quantitative estimate of drug-likeness (QED) is 0.530. The molecule has 0 fully saturated rings. The predicted octanol–water partition coefficient (Wildman–Crippen LogP) is 0.636. The maximum Gasteiger partial charge on any atom is 0.123 e. The Hall–Kier alpha value is -1.14. The van der Waals surface area contributed by atoms with E-state index in [1.807, 2.05) is 18.2 Å². The van der Waals surface area contributed by atoms with E-state index in [4.69, 9.17) is 4.74 Å². The van der Waals surface area contributed by atoms with E-state index in [1.54, 1.807) is 0 Å². The Balaban J connectivity index is 1.87. The molecule has 0 spiro atoms. The Morgan fingerprint density at radius 2 is 2.05 bits per heavy atom. The summed E-state index contributed by atoms with van der Waals surface area (Å²) in [6.45, 7) is 3.76. The lowest BCUT2D eigenvalue weighted by Crippen LogP contribution is -2.35. The molecule has 3 atom stereocenters. The summed E-state index contributed by atoms with van der Waals surface area (Å²) < 4.78 is 5.72. The molecule has 0 aliphatic heterocycles. The first-order valence-electron chi connectivity index (χ1n) is 8.10. The zero-order valence-corrected chi connectivity index (χ0v) is 13.2. The number of hydrogen-bond acceptors (Lipinski definition) is 5. The van der Waals surface area contributed by atoms with Crippen molar-refractivity contribution in [1.82, 2.24) is 5.32 Å². The van der Waals surface area contributed by atoms with Crippen molar-refractivity contribution < 1.29 is 20.1 Å². The first kappa shape index (κ1) is 17.2. The topological polar surface area (TPSA) is 82.0 Å². The zero-order valence-electron chi connectivity index (χ0n) is 13.2. The van der Waals surface area contributed by atoms with Crippen molar-refractivity contribution in [1.29, 1.82) is 0 Å². The van der Waals surface area contributed by atoms with Crippen LogP contribution in [0.25, 0.3) is 0 Å². The van der Waals surface area contributed by atoms with E-state index in [0.29, 0.717) is 25.1 Å². The summed E-state index contributed by atoms with van der Waals surface area (Å²) in [7, 11) is 0. The highest BCUT2D eigenvalue weighted by molar-refractivity contribution is 5.43. The van der Waals surface area contributed by atoms with Gasteiger partial charge in [0.2, 0.25) is 0 Å². The van der Waals surface area contributed by atoms with Crippen molar-refractivity contribution in [3.8, 4) is 5.75 Å². The molecular formula is C17H27NO4. The van der Waals surface area contributed by atoms with E-state index >= 15 is 0 Å². The zero-order chi connectivity index (χ0) is 15.9. The molecule has 0 saturated carbocycles. The summed E-state index contributed by atoms with van der Waals surface area (Å²) in [5.74, 6) is 0.691. The van der Waals surface area contributed by atoms with Gasteiger partial charge in [-0.1, -0.05) is 25.5 Å². The van der Waals surface area contributed by atoms with E-state index in [9.17, 15) is 15.3 Å². The highest BCUT2D eigenvalue weighted by atomic mass is 16.5. The van der Waals surface area contributed by atoms with Crippen LogP contribution in [-0.4, -0.2) is 53.3 Å².